The number of aryl methyl sites for hydroxylation is 1. The van der Waals surface area contributed by atoms with Crippen molar-refractivity contribution in [2.45, 2.75) is 26.4 Å². The van der Waals surface area contributed by atoms with Crippen molar-refractivity contribution in [1.82, 2.24) is 15.2 Å². The molecule has 1 N–H and O–H groups in total. The molecular formula is C16H20ClN3. The number of fused-ring (bicyclic) bond motifs is 1. The Morgan fingerprint density at radius 1 is 1.40 bits per heavy atom. The molecule has 0 aliphatic carbocycles. The molecule has 4 heteroatoms. The Bertz CT molecular complexity index is 626. The Morgan fingerprint density at radius 3 is 3.05 bits per heavy atom. The van der Waals surface area contributed by atoms with Gasteiger partial charge < -0.3 is 5.32 Å². The van der Waals surface area contributed by atoms with Crippen molar-refractivity contribution in [3.8, 4) is 0 Å². The maximum Gasteiger partial charge on any atom is 0.134 e. The van der Waals surface area contributed by atoms with Crippen molar-refractivity contribution in [2.75, 3.05) is 19.6 Å². The first kappa shape index (κ1) is 13.8. The quantitative estimate of drug-likeness (QED) is 0.862. The molecule has 0 bridgehead atoms. The average molecular weight is 290 g/mol. The van der Waals surface area contributed by atoms with E-state index < -0.39 is 0 Å². The van der Waals surface area contributed by atoms with E-state index in [4.69, 9.17) is 11.6 Å². The molecule has 1 aliphatic rings. The van der Waals surface area contributed by atoms with Gasteiger partial charge in [-0.25, -0.2) is 4.98 Å². The second-order valence-corrected chi connectivity index (χ2v) is 6.02. The third-order valence-electron chi connectivity index (χ3n) is 4.01. The minimum atomic E-state index is 0.536. The van der Waals surface area contributed by atoms with Crippen molar-refractivity contribution in [2.24, 2.45) is 0 Å². The van der Waals surface area contributed by atoms with E-state index in [1.165, 1.54) is 5.56 Å². The van der Waals surface area contributed by atoms with Crippen LogP contribution >= 0.6 is 11.6 Å². The molecule has 1 aliphatic heterocycles. The third kappa shape index (κ3) is 2.80. The van der Waals surface area contributed by atoms with Gasteiger partial charge in [-0.05, 0) is 31.5 Å². The Hall–Kier alpha value is -1.16. The summed E-state index contributed by atoms with van der Waals surface area (Å²) >= 11 is 6.37. The van der Waals surface area contributed by atoms with Gasteiger partial charge in [0, 0.05) is 43.2 Å². The Morgan fingerprint density at radius 2 is 2.25 bits per heavy atom. The number of rotatable bonds is 2. The highest BCUT2D eigenvalue weighted by molar-refractivity contribution is 6.30. The summed E-state index contributed by atoms with van der Waals surface area (Å²) in [5.74, 6) is 0. The van der Waals surface area contributed by atoms with E-state index in [1.54, 1.807) is 0 Å². The van der Waals surface area contributed by atoms with E-state index in [0.29, 0.717) is 11.2 Å². The molecule has 106 valence electrons. The lowest BCUT2D eigenvalue weighted by molar-refractivity contribution is 0.165. The van der Waals surface area contributed by atoms with E-state index >= 15 is 0 Å². The van der Waals surface area contributed by atoms with Crippen LogP contribution in [0.4, 0.5) is 0 Å². The fraction of sp³-hybridized carbons (Fsp3) is 0.438. The van der Waals surface area contributed by atoms with Gasteiger partial charge in [-0.3, -0.25) is 4.90 Å². The molecule has 3 nitrogen and oxygen atoms in total. The van der Waals surface area contributed by atoms with Crippen LogP contribution in [0.25, 0.3) is 10.9 Å². The predicted octanol–water partition coefficient (Wildman–Crippen LogP) is 2.99. The molecule has 0 unspecified atom stereocenters. The van der Waals surface area contributed by atoms with Crippen LogP contribution < -0.4 is 5.32 Å². The number of halogens is 1. The lowest BCUT2D eigenvalue weighted by Gasteiger charge is -2.34. The van der Waals surface area contributed by atoms with Crippen LogP contribution in [0, 0.1) is 6.92 Å². The van der Waals surface area contributed by atoms with Crippen molar-refractivity contribution in [3.05, 3.63) is 40.5 Å². The largest absolute Gasteiger partial charge is 0.314 e. The molecule has 0 amide bonds. The number of nitrogens with zero attached hydrogens (tertiary/aromatic N) is 2. The summed E-state index contributed by atoms with van der Waals surface area (Å²) in [6, 6.07) is 9.04. The summed E-state index contributed by atoms with van der Waals surface area (Å²) in [4.78, 5) is 7.01. The van der Waals surface area contributed by atoms with Crippen LogP contribution in [-0.4, -0.2) is 35.6 Å². The van der Waals surface area contributed by atoms with Gasteiger partial charge in [0.15, 0.2) is 0 Å². The van der Waals surface area contributed by atoms with Crippen molar-refractivity contribution in [1.29, 1.82) is 0 Å². The Balaban J connectivity index is 1.91. The molecular weight excluding hydrogens is 270 g/mol. The summed E-state index contributed by atoms with van der Waals surface area (Å²) in [5, 5.41) is 5.21. The van der Waals surface area contributed by atoms with Gasteiger partial charge in [0.1, 0.15) is 5.15 Å². The van der Waals surface area contributed by atoms with Crippen LogP contribution in [0.3, 0.4) is 0 Å². The monoisotopic (exact) mass is 289 g/mol. The van der Waals surface area contributed by atoms with Crippen LogP contribution in [0.15, 0.2) is 24.3 Å². The predicted molar refractivity (Wildman–Crippen MR) is 84.2 cm³/mol. The smallest absolute Gasteiger partial charge is 0.134 e. The molecule has 2 aromatic rings. The molecule has 3 rings (SSSR count). The highest BCUT2D eigenvalue weighted by atomic mass is 35.5. The van der Waals surface area contributed by atoms with Crippen LogP contribution in [-0.2, 0) is 6.54 Å². The van der Waals surface area contributed by atoms with Crippen molar-refractivity contribution >= 4 is 22.5 Å². The molecule has 1 aromatic carbocycles. The minimum Gasteiger partial charge on any atom is -0.314 e. The number of hydrogen-bond acceptors (Lipinski definition) is 3. The lowest BCUT2D eigenvalue weighted by Crippen LogP contribution is -2.49. The summed E-state index contributed by atoms with van der Waals surface area (Å²) in [6.07, 6.45) is 0. The first-order valence-corrected chi connectivity index (χ1v) is 7.52. The van der Waals surface area contributed by atoms with E-state index in [-0.39, 0.29) is 0 Å². The topological polar surface area (TPSA) is 28.2 Å². The molecule has 1 aromatic heterocycles. The highest BCUT2D eigenvalue weighted by Gasteiger charge is 2.19. The van der Waals surface area contributed by atoms with Gasteiger partial charge in [-0.2, -0.15) is 0 Å². The second-order valence-electron chi connectivity index (χ2n) is 5.66. The number of piperazine rings is 1. The van der Waals surface area contributed by atoms with Crippen molar-refractivity contribution in [3.63, 3.8) is 0 Å². The number of aromatic nitrogens is 1. The lowest BCUT2D eigenvalue weighted by atomic mass is 10.1. The van der Waals surface area contributed by atoms with E-state index in [1.807, 2.05) is 0 Å². The molecule has 1 fully saturated rings. The van der Waals surface area contributed by atoms with Crippen molar-refractivity contribution < 1.29 is 0 Å². The van der Waals surface area contributed by atoms with Gasteiger partial charge in [-0.15, -0.1) is 0 Å². The summed E-state index contributed by atoms with van der Waals surface area (Å²) in [7, 11) is 0. The normalized spacial score (nSPS) is 20.4. The molecule has 1 atom stereocenters. The average Bonchev–Trinajstić information content (AvgIpc) is 2.42. The maximum absolute atomic E-state index is 6.37. The van der Waals surface area contributed by atoms with E-state index in [2.05, 4.69) is 53.3 Å². The summed E-state index contributed by atoms with van der Waals surface area (Å²) in [5.41, 5.74) is 3.31. The zero-order valence-electron chi connectivity index (χ0n) is 12.0. The van der Waals surface area contributed by atoms with Gasteiger partial charge >= 0.3 is 0 Å². The maximum atomic E-state index is 6.37. The zero-order chi connectivity index (χ0) is 14.1. The van der Waals surface area contributed by atoms with E-state index in [9.17, 15) is 0 Å². The zero-order valence-corrected chi connectivity index (χ0v) is 12.7. The molecule has 0 radical (unpaired) electrons. The number of benzene rings is 1. The van der Waals surface area contributed by atoms with E-state index in [0.717, 1.165) is 42.6 Å². The Kier molecular flexibility index (Phi) is 3.92. The standard InChI is InChI=1S/C16H20ClN3/c1-11-3-4-13-8-14(16(17)19-15(13)7-11)10-20-6-5-18-9-12(20)2/h3-4,7-8,12,18H,5-6,9-10H2,1-2H3/t12-/m0/s1. The number of hydrogen-bond donors (Lipinski definition) is 1. The minimum absolute atomic E-state index is 0.536. The summed E-state index contributed by atoms with van der Waals surface area (Å²) < 4.78 is 0. The molecule has 0 spiro atoms. The summed E-state index contributed by atoms with van der Waals surface area (Å²) in [6.45, 7) is 8.34. The van der Waals surface area contributed by atoms with Crippen LogP contribution in [0.1, 0.15) is 18.1 Å². The first-order chi connectivity index (χ1) is 9.63. The highest BCUT2D eigenvalue weighted by Crippen LogP contribution is 2.23. The van der Waals surface area contributed by atoms with Crippen LogP contribution in [0.5, 0.6) is 0 Å². The van der Waals surface area contributed by atoms with Gasteiger partial charge in [-0.1, -0.05) is 23.7 Å². The number of pyridine rings is 1. The molecule has 20 heavy (non-hydrogen) atoms. The fourth-order valence-corrected chi connectivity index (χ4v) is 2.95. The van der Waals surface area contributed by atoms with Gasteiger partial charge in [0.2, 0.25) is 0 Å². The van der Waals surface area contributed by atoms with Gasteiger partial charge in [0.05, 0.1) is 5.52 Å². The third-order valence-corrected chi connectivity index (χ3v) is 4.34. The van der Waals surface area contributed by atoms with Gasteiger partial charge in [0.25, 0.3) is 0 Å². The SMILES string of the molecule is Cc1ccc2cc(CN3CCNC[C@@H]3C)c(Cl)nc2c1. The number of nitrogens with one attached hydrogen (secondary N) is 1. The first-order valence-electron chi connectivity index (χ1n) is 7.14. The second kappa shape index (κ2) is 5.68. The van der Waals surface area contributed by atoms with Crippen LogP contribution in [0.2, 0.25) is 5.15 Å². The molecule has 1 saturated heterocycles. The molecule has 0 saturated carbocycles. The Labute approximate surface area is 124 Å². The fourth-order valence-electron chi connectivity index (χ4n) is 2.75. The molecule has 2 heterocycles.